The highest BCUT2D eigenvalue weighted by molar-refractivity contribution is 7.13. The number of nitrogens with zero attached hydrogens (tertiary/aromatic N) is 2. The molecule has 0 aliphatic heterocycles. The van der Waals surface area contributed by atoms with Crippen LogP contribution in [0.15, 0.2) is 64.8 Å². The highest BCUT2D eigenvalue weighted by Gasteiger charge is 2.10. The van der Waals surface area contributed by atoms with E-state index < -0.39 is 0 Å². The van der Waals surface area contributed by atoms with Crippen molar-refractivity contribution in [2.45, 2.75) is 6.54 Å². The molecule has 21 heavy (non-hydrogen) atoms. The van der Waals surface area contributed by atoms with Crippen molar-refractivity contribution in [3.8, 4) is 10.6 Å². The summed E-state index contributed by atoms with van der Waals surface area (Å²) in [6, 6.07) is 15.9. The third-order valence-electron chi connectivity index (χ3n) is 3.03. The van der Waals surface area contributed by atoms with Gasteiger partial charge in [0.2, 0.25) is 0 Å². The quantitative estimate of drug-likeness (QED) is 0.696. The molecule has 0 atom stereocenters. The first kappa shape index (κ1) is 13.5. The molecule has 3 aromatic rings. The van der Waals surface area contributed by atoms with Gasteiger partial charge in [0, 0.05) is 11.6 Å². The van der Waals surface area contributed by atoms with Gasteiger partial charge >= 0.3 is 0 Å². The molecule has 5 heteroatoms. The Balaban J connectivity index is 1.90. The summed E-state index contributed by atoms with van der Waals surface area (Å²) in [5.41, 5.74) is 0.998. The summed E-state index contributed by atoms with van der Waals surface area (Å²) < 4.78 is 1.21. The van der Waals surface area contributed by atoms with Crippen LogP contribution in [-0.2, 0) is 6.54 Å². The van der Waals surface area contributed by atoms with Crippen molar-refractivity contribution >= 4 is 17.1 Å². The van der Waals surface area contributed by atoms with Gasteiger partial charge < -0.3 is 0 Å². The van der Waals surface area contributed by atoms with Crippen molar-refractivity contribution < 1.29 is 4.79 Å². The maximum absolute atomic E-state index is 12.2. The van der Waals surface area contributed by atoms with E-state index in [-0.39, 0.29) is 17.9 Å². The van der Waals surface area contributed by atoms with E-state index in [0.717, 1.165) is 4.88 Å². The maximum Gasteiger partial charge on any atom is 0.267 e. The van der Waals surface area contributed by atoms with Crippen LogP contribution >= 0.6 is 11.3 Å². The summed E-state index contributed by atoms with van der Waals surface area (Å²) in [5, 5.41) is 6.22. The zero-order valence-corrected chi connectivity index (χ0v) is 11.9. The molecule has 0 unspecified atom stereocenters. The van der Waals surface area contributed by atoms with Crippen molar-refractivity contribution in [3.05, 3.63) is 75.9 Å². The van der Waals surface area contributed by atoms with Gasteiger partial charge in [-0.05, 0) is 17.5 Å². The number of aromatic nitrogens is 2. The van der Waals surface area contributed by atoms with Crippen LogP contribution in [0, 0.1) is 0 Å². The van der Waals surface area contributed by atoms with Gasteiger partial charge in [-0.15, -0.1) is 11.3 Å². The number of rotatable bonds is 4. The molecule has 0 saturated heterocycles. The minimum absolute atomic E-state index is 0.0535. The third-order valence-corrected chi connectivity index (χ3v) is 3.92. The van der Waals surface area contributed by atoms with Gasteiger partial charge in [0.1, 0.15) is 12.2 Å². The van der Waals surface area contributed by atoms with Gasteiger partial charge in [-0.3, -0.25) is 9.59 Å². The van der Waals surface area contributed by atoms with Crippen LogP contribution < -0.4 is 5.56 Å². The first-order chi connectivity index (χ1) is 10.2. The summed E-state index contributed by atoms with van der Waals surface area (Å²) in [7, 11) is 0. The molecule has 0 aliphatic carbocycles. The Hall–Kier alpha value is -2.53. The van der Waals surface area contributed by atoms with Gasteiger partial charge in [0.15, 0.2) is 5.78 Å². The molecule has 0 saturated carbocycles. The molecule has 0 N–H and O–H groups in total. The van der Waals surface area contributed by atoms with Crippen molar-refractivity contribution in [1.82, 2.24) is 9.78 Å². The summed E-state index contributed by atoms with van der Waals surface area (Å²) in [4.78, 5) is 25.0. The van der Waals surface area contributed by atoms with Gasteiger partial charge in [-0.2, -0.15) is 5.10 Å². The normalized spacial score (nSPS) is 10.5. The fourth-order valence-corrected chi connectivity index (χ4v) is 2.66. The van der Waals surface area contributed by atoms with Crippen LogP contribution in [-0.4, -0.2) is 15.6 Å². The molecule has 3 rings (SSSR count). The van der Waals surface area contributed by atoms with Crippen LogP contribution in [0.3, 0.4) is 0 Å². The molecule has 0 bridgehead atoms. The first-order valence-electron chi connectivity index (χ1n) is 6.44. The van der Waals surface area contributed by atoms with E-state index in [4.69, 9.17) is 0 Å². The molecule has 2 heterocycles. The summed E-state index contributed by atoms with van der Waals surface area (Å²) in [5.74, 6) is -0.131. The zero-order valence-electron chi connectivity index (χ0n) is 11.1. The Kier molecular flexibility index (Phi) is 3.75. The summed E-state index contributed by atoms with van der Waals surface area (Å²) >= 11 is 1.54. The topological polar surface area (TPSA) is 52.0 Å². The summed E-state index contributed by atoms with van der Waals surface area (Å²) in [6.07, 6.45) is 0. The molecule has 4 nitrogen and oxygen atoms in total. The van der Waals surface area contributed by atoms with Crippen molar-refractivity contribution in [3.63, 3.8) is 0 Å². The average Bonchev–Trinajstić information content (AvgIpc) is 3.04. The van der Waals surface area contributed by atoms with Crippen LogP contribution in [0.5, 0.6) is 0 Å². The predicted molar refractivity (Wildman–Crippen MR) is 82.6 cm³/mol. The Bertz CT molecular complexity index is 808. The lowest BCUT2D eigenvalue weighted by atomic mass is 10.1. The standard InChI is InChI=1S/C16H12N2O2S/c19-14(12-5-2-1-3-6-12)11-18-16(20)9-8-13(17-18)15-7-4-10-21-15/h1-10H,11H2. The van der Waals surface area contributed by atoms with E-state index in [2.05, 4.69) is 5.10 Å². The first-order valence-corrected chi connectivity index (χ1v) is 7.32. The number of carbonyl (C=O) groups excluding carboxylic acids is 1. The Morgan fingerprint density at radius 2 is 1.86 bits per heavy atom. The van der Waals surface area contributed by atoms with Crippen LogP contribution in [0.2, 0.25) is 0 Å². The zero-order chi connectivity index (χ0) is 14.7. The molecule has 0 amide bonds. The third kappa shape index (κ3) is 2.98. The Morgan fingerprint density at radius 3 is 2.57 bits per heavy atom. The molecule has 0 spiro atoms. The fourth-order valence-electron chi connectivity index (χ4n) is 1.97. The lowest BCUT2D eigenvalue weighted by Gasteiger charge is -2.05. The second kappa shape index (κ2) is 5.85. The number of ketones is 1. The molecule has 0 radical (unpaired) electrons. The Labute approximate surface area is 125 Å². The Morgan fingerprint density at radius 1 is 1.05 bits per heavy atom. The molecule has 2 aromatic heterocycles. The van der Waals surface area contributed by atoms with E-state index in [1.165, 1.54) is 10.7 Å². The average molecular weight is 296 g/mol. The van der Waals surface area contributed by atoms with Gasteiger partial charge in [-0.25, -0.2) is 4.68 Å². The lowest BCUT2D eigenvalue weighted by Crippen LogP contribution is -2.26. The molecular weight excluding hydrogens is 284 g/mol. The van der Waals surface area contributed by atoms with E-state index >= 15 is 0 Å². The number of Topliss-reactive ketones (excluding diaryl/α,β-unsaturated/α-hetero) is 1. The van der Waals surface area contributed by atoms with E-state index in [1.807, 2.05) is 23.6 Å². The maximum atomic E-state index is 12.2. The molecule has 1 aromatic carbocycles. The number of hydrogen-bond donors (Lipinski definition) is 0. The second-order valence-corrected chi connectivity index (χ2v) is 5.43. The highest BCUT2D eigenvalue weighted by Crippen LogP contribution is 2.21. The second-order valence-electron chi connectivity index (χ2n) is 4.48. The molecule has 0 fully saturated rings. The van der Waals surface area contributed by atoms with E-state index in [9.17, 15) is 9.59 Å². The SMILES string of the molecule is O=C(Cn1nc(-c2cccs2)ccc1=O)c1ccccc1. The summed E-state index contributed by atoms with van der Waals surface area (Å²) in [6.45, 7) is -0.0535. The number of carbonyl (C=O) groups is 1. The lowest BCUT2D eigenvalue weighted by molar-refractivity contribution is 0.0966. The minimum atomic E-state index is -0.278. The fraction of sp³-hybridized carbons (Fsp3) is 0.0625. The van der Waals surface area contributed by atoms with E-state index in [0.29, 0.717) is 11.3 Å². The van der Waals surface area contributed by atoms with Crippen LogP contribution in [0.4, 0.5) is 0 Å². The van der Waals surface area contributed by atoms with Crippen molar-refractivity contribution in [2.75, 3.05) is 0 Å². The number of thiophene rings is 1. The van der Waals surface area contributed by atoms with Gasteiger partial charge in [-0.1, -0.05) is 36.4 Å². The molecule has 0 aliphatic rings. The number of benzene rings is 1. The van der Waals surface area contributed by atoms with Gasteiger partial charge in [0.05, 0.1) is 4.88 Å². The van der Waals surface area contributed by atoms with Gasteiger partial charge in [0.25, 0.3) is 5.56 Å². The molecular formula is C16H12N2O2S. The largest absolute Gasteiger partial charge is 0.292 e. The van der Waals surface area contributed by atoms with E-state index in [1.54, 1.807) is 41.7 Å². The predicted octanol–water partition coefficient (Wildman–Crippen LogP) is 2.85. The van der Waals surface area contributed by atoms with Crippen LogP contribution in [0.1, 0.15) is 10.4 Å². The number of hydrogen-bond acceptors (Lipinski definition) is 4. The minimum Gasteiger partial charge on any atom is -0.292 e. The highest BCUT2D eigenvalue weighted by atomic mass is 32.1. The van der Waals surface area contributed by atoms with Crippen molar-refractivity contribution in [2.24, 2.45) is 0 Å². The van der Waals surface area contributed by atoms with Crippen LogP contribution in [0.25, 0.3) is 10.6 Å². The van der Waals surface area contributed by atoms with Crippen molar-refractivity contribution in [1.29, 1.82) is 0 Å². The molecule has 104 valence electrons. The monoisotopic (exact) mass is 296 g/mol. The smallest absolute Gasteiger partial charge is 0.267 e.